The first-order valence-corrected chi connectivity index (χ1v) is 6.76. The van der Waals surface area contributed by atoms with Gasteiger partial charge in [-0.2, -0.15) is 11.3 Å². The summed E-state index contributed by atoms with van der Waals surface area (Å²) < 4.78 is 0.938. The van der Waals surface area contributed by atoms with E-state index in [0.717, 1.165) is 33.9 Å². The van der Waals surface area contributed by atoms with Crippen LogP contribution in [0.25, 0.3) is 11.4 Å². The normalized spacial score (nSPS) is 10.4. The number of rotatable bonds is 3. The van der Waals surface area contributed by atoms with E-state index < -0.39 is 0 Å². The Bertz CT molecular complexity index is 482. The van der Waals surface area contributed by atoms with Gasteiger partial charge < -0.3 is 5.32 Å². The lowest BCUT2D eigenvalue weighted by Gasteiger charge is -2.09. The van der Waals surface area contributed by atoms with Gasteiger partial charge in [0.05, 0.1) is 10.2 Å². The molecular weight excluding hydrogens is 286 g/mol. The molecule has 0 amide bonds. The van der Waals surface area contributed by atoms with Gasteiger partial charge in [0, 0.05) is 17.5 Å². The van der Waals surface area contributed by atoms with Crippen molar-refractivity contribution in [2.75, 3.05) is 11.9 Å². The number of nitrogens with zero attached hydrogens (tertiary/aromatic N) is 2. The number of thiophene rings is 1. The SMILES string of the molecule is CCNc1nc(-c2ccsc2)nc(C)c1Br. The zero-order valence-electron chi connectivity index (χ0n) is 9.12. The van der Waals surface area contributed by atoms with Gasteiger partial charge in [-0.25, -0.2) is 9.97 Å². The zero-order valence-corrected chi connectivity index (χ0v) is 11.5. The maximum Gasteiger partial charge on any atom is 0.162 e. The van der Waals surface area contributed by atoms with E-state index in [1.807, 2.05) is 25.3 Å². The molecule has 2 rings (SSSR count). The van der Waals surface area contributed by atoms with E-state index in [2.05, 4.69) is 36.6 Å². The minimum absolute atomic E-state index is 0.776. The van der Waals surface area contributed by atoms with Crippen molar-refractivity contribution in [2.45, 2.75) is 13.8 Å². The smallest absolute Gasteiger partial charge is 0.162 e. The molecule has 0 atom stereocenters. The molecule has 0 spiro atoms. The van der Waals surface area contributed by atoms with E-state index in [9.17, 15) is 0 Å². The Morgan fingerprint density at radius 3 is 2.88 bits per heavy atom. The van der Waals surface area contributed by atoms with Gasteiger partial charge in [0.25, 0.3) is 0 Å². The van der Waals surface area contributed by atoms with Crippen LogP contribution in [0, 0.1) is 6.92 Å². The number of nitrogens with one attached hydrogen (secondary N) is 1. The Kier molecular flexibility index (Phi) is 3.56. The van der Waals surface area contributed by atoms with Gasteiger partial charge >= 0.3 is 0 Å². The van der Waals surface area contributed by atoms with Crippen molar-refractivity contribution in [3.63, 3.8) is 0 Å². The number of hydrogen-bond donors (Lipinski definition) is 1. The highest BCUT2D eigenvalue weighted by atomic mass is 79.9. The Morgan fingerprint density at radius 1 is 1.44 bits per heavy atom. The molecule has 0 aliphatic rings. The molecule has 5 heteroatoms. The van der Waals surface area contributed by atoms with Crippen LogP contribution in [0.2, 0.25) is 0 Å². The van der Waals surface area contributed by atoms with Crippen LogP contribution in [0.4, 0.5) is 5.82 Å². The second-order valence-electron chi connectivity index (χ2n) is 3.34. The van der Waals surface area contributed by atoms with Gasteiger partial charge in [0.15, 0.2) is 5.82 Å². The molecule has 0 unspecified atom stereocenters. The third kappa shape index (κ3) is 2.25. The first-order chi connectivity index (χ1) is 7.72. The summed E-state index contributed by atoms with van der Waals surface area (Å²) in [5.41, 5.74) is 2.02. The molecule has 84 valence electrons. The van der Waals surface area contributed by atoms with Gasteiger partial charge in [-0.1, -0.05) is 0 Å². The average Bonchev–Trinajstić information content (AvgIpc) is 2.78. The number of hydrogen-bond acceptors (Lipinski definition) is 4. The highest BCUT2D eigenvalue weighted by Gasteiger charge is 2.10. The Balaban J connectivity index is 2.48. The third-order valence-corrected chi connectivity index (χ3v) is 3.77. The van der Waals surface area contributed by atoms with Crippen LogP contribution < -0.4 is 5.32 Å². The molecule has 2 heterocycles. The van der Waals surface area contributed by atoms with Gasteiger partial charge in [0.1, 0.15) is 5.82 Å². The van der Waals surface area contributed by atoms with Crippen LogP contribution in [-0.2, 0) is 0 Å². The zero-order chi connectivity index (χ0) is 11.5. The van der Waals surface area contributed by atoms with Crippen molar-refractivity contribution >= 4 is 33.1 Å². The van der Waals surface area contributed by atoms with Crippen molar-refractivity contribution in [3.8, 4) is 11.4 Å². The standard InChI is InChI=1S/C11H12BrN3S/c1-3-13-11-9(12)7(2)14-10(15-11)8-4-5-16-6-8/h4-6H,3H2,1-2H3,(H,13,14,15). The van der Waals surface area contributed by atoms with Crippen LogP contribution in [0.5, 0.6) is 0 Å². The number of aromatic nitrogens is 2. The molecule has 16 heavy (non-hydrogen) atoms. The molecule has 0 radical (unpaired) electrons. The first-order valence-electron chi connectivity index (χ1n) is 5.03. The summed E-state index contributed by atoms with van der Waals surface area (Å²) in [4.78, 5) is 8.97. The average molecular weight is 298 g/mol. The fourth-order valence-electron chi connectivity index (χ4n) is 1.36. The minimum Gasteiger partial charge on any atom is -0.369 e. The molecular formula is C11H12BrN3S. The summed E-state index contributed by atoms with van der Waals surface area (Å²) in [5, 5.41) is 7.31. The van der Waals surface area contributed by atoms with E-state index in [1.165, 1.54) is 0 Å². The fourth-order valence-corrected chi connectivity index (χ4v) is 2.32. The Labute approximate surface area is 107 Å². The van der Waals surface area contributed by atoms with E-state index in [4.69, 9.17) is 0 Å². The second kappa shape index (κ2) is 4.93. The summed E-state index contributed by atoms with van der Waals surface area (Å²) in [7, 11) is 0. The molecule has 3 nitrogen and oxygen atoms in total. The van der Waals surface area contributed by atoms with Crippen LogP contribution >= 0.6 is 27.3 Å². The van der Waals surface area contributed by atoms with Crippen molar-refractivity contribution < 1.29 is 0 Å². The third-order valence-electron chi connectivity index (χ3n) is 2.14. The lowest BCUT2D eigenvalue weighted by molar-refractivity contribution is 1.07. The molecule has 2 aromatic heterocycles. The fraction of sp³-hybridized carbons (Fsp3) is 0.273. The summed E-state index contributed by atoms with van der Waals surface area (Å²) in [6, 6.07) is 2.03. The van der Waals surface area contributed by atoms with Crippen molar-refractivity contribution in [1.29, 1.82) is 0 Å². The highest BCUT2D eigenvalue weighted by Crippen LogP contribution is 2.27. The molecule has 0 aliphatic carbocycles. The molecule has 2 aromatic rings. The van der Waals surface area contributed by atoms with Crippen molar-refractivity contribution in [2.24, 2.45) is 0 Å². The largest absolute Gasteiger partial charge is 0.369 e. The molecule has 0 fully saturated rings. The maximum absolute atomic E-state index is 4.50. The van der Waals surface area contributed by atoms with Crippen LogP contribution in [-0.4, -0.2) is 16.5 Å². The van der Waals surface area contributed by atoms with E-state index in [0.29, 0.717) is 0 Å². The molecule has 1 N–H and O–H groups in total. The van der Waals surface area contributed by atoms with Gasteiger partial charge in [-0.15, -0.1) is 0 Å². The minimum atomic E-state index is 0.776. The van der Waals surface area contributed by atoms with Crippen molar-refractivity contribution in [1.82, 2.24) is 9.97 Å². The lowest BCUT2D eigenvalue weighted by atomic mass is 10.3. The number of anilines is 1. The Hall–Kier alpha value is -0.940. The summed E-state index contributed by atoms with van der Waals surface area (Å²) in [6.07, 6.45) is 0. The van der Waals surface area contributed by atoms with E-state index in [-0.39, 0.29) is 0 Å². The first kappa shape index (κ1) is 11.5. The molecule has 0 aliphatic heterocycles. The summed E-state index contributed by atoms with van der Waals surface area (Å²) in [6.45, 7) is 4.87. The Morgan fingerprint density at radius 2 is 2.25 bits per heavy atom. The summed E-state index contributed by atoms with van der Waals surface area (Å²) in [5.74, 6) is 1.63. The maximum atomic E-state index is 4.50. The van der Waals surface area contributed by atoms with E-state index in [1.54, 1.807) is 11.3 Å². The topological polar surface area (TPSA) is 37.8 Å². The van der Waals surface area contributed by atoms with Crippen LogP contribution in [0.15, 0.2) is 21.3 Å². The molecule has 0 saturated heterocycles. The number of aryl methyl sites for hydroxylation is 1. The molecule has 0 saturated carbocycles. The molecule has 0 bridgehead atoms. The van der Waals surface area contributed by atoms with Crippen LogP contribution in [0.3, 0.4) is 0 Å². The number of halogens is 1. The van der Waals surface area contributed by atoms with Gasteiger partial charge in [-0.05, 0) is 41.2 Å². The van der Waals surface area contributed by atoms with Gasteiger partial charge in [0.2, 0.25) is 0 Å². The quantitative estimate of drug-likeness (QED) is 0.938. The van der Waals surface area contributed by atoms with Crippen LogP contribution in [0.1, 0.15) is 12.6 Å². The van der Waals surface area contributed by atoms with Gasteiger partial charge in [-0.3, -0.25) is 0 Å². The summed E-state index contributed by atoms with van der Waals surface area (Å²) >= 11 is 5.15. The van der Waals surface area contributed by atoms with E-state index >= 15 is 0 Å². The second-order valence-corrected chi connectivity index (χ2v) is 4.91. The lowest BCUT2D eigenvalue weighted by Crippen LogP contribution is -2.04. The predicted molar refractivity (Wildman–Crippen MR) is 71.9 cm³/mol. The van der Waals surface area contributed by atoms with Crippen molar-refractivity contribution in [3.05, 3.63) is 27.0 Å². The highest BCUT2D eigenvalue weighted by molar-refractivity contribution is 9.10. The predicted octanol–water partition coefficient (Wildman–Crippen LogP) is 3.71. The molecule has 0 aromatic carbocycles. The monoisotopic (exact) mass is 297 g/mol.